The summed E-state index contributed by atoms with van der Waals surface area (Å²) >= 11 is 7.55. The van der Waals surface area contributed by atoms with Crippen molar-refractivity contribution in [1.82, 2.24) is 25.6 Å². The molecule has 11 heteroatoms. The molecule has 0 unspecified atom stereocenters. The number of fused-ring (bicyclic) bond motifs is 1. The monoisotopic (exact) mass is 435 g/mol. The summed E-state index contributed by atoms with van der Waals surface area (Å²) < 4.78 is 0. The number of thiazole rings is 1. The van der Waals surface area contributed by atoms with Crippen LogP contribution in [-0.4, -0.2) is 46.5 Å². The number of aromatic nitrogens is 3. The summed E-state index contributed by atoms with van der Waals surface area (Å²) in [4.78, 5) is 40.1. The molecule has 4 rings (SSSR count). The average Bonchev–Trinajstić information content (AvgIpc) is 3.35. The normalized spacial score (nSPS) is 16.4. The molecule has 1 fully saturated rings. The number of halogens is 1. The number of hydrogen-bond acceptors (Lipinski definition) is 7. The first-order valence-electron chi connectivity index (χ1n) is 9.59. The van der Waals surface area contributed by atoms with Crippen molar-refractivity contribution in [3.8, 4) is 0 Å². The van der Waals surface area contributed by atoms with Crippen LogP contribution in [0.1, 0.15) is 46.7 Å². The zero-order chi connectivity index (χ0) is 20.4. The van der Waals surface area contributed by atoms with Gasteiger partial charge in [-0.25, -0.2) is 19.7 Å². The Bertz CT molecular complexity index is 929. The lowest BCUT2D eigenvalue weighted by atomic mass is 10.2. The highest BCUT2D eigenvalue weighted by Crippen LogP contribution is 2.30. The van der Waals surface area contributed by atoms with Crippen molar-refractivity contribution < 1.29 is 9.59 Å². The molecule has 1 aliphatic heterocycles. The van der Waals surface area contributed by atoms with Crippen molar-refractivity contribution >= 4 is 45.8 Å². The lowest BCUT2D eigenvalue weighted by molar-refractivity contribution is 0.0932. The van der Waals surface area contributed by atoms with E-state index in [0.29, 0.717) is 30.5 Å². The molecule has 0 bridgehead atoms. The maximum Gasteiger partial charge on any atom is 0.320 e. The van der Waals surface area contributed by atoms with Gasteiger partial charge in [0.25, 0.3) is 5.91 Å². The molecular formula is C18H22ClN7O2S. The Kier molecular flexibility index (Phi) is 5.81. The number of nitrogens with one attached hydrogen (secondary N) is 3. The van der Waals surface area contributed by atoms with Crippen molar-refractivity contribution in [2.75, 3.05) is 23.8 Å². The van der Waals surface area contributed by atoms with Crippen molar-refractivity contribution in [2.24, 2.45) is 0 Å². The number of carbonyl (C=O) groups excluding carboxylic acids is 2. The molecule has 9 nitrogen and oxygen atoms in total. The summed E-state index contributed by atoms with van der Waals surface area (Å²) in [7, 11) is 1.56. The van der Waals surface area contributed by atoms with E-state index in [1.165, 1.54) is 11.3 Å². The van der Waals surface area contributed by atoms with E-state index in [1.54, 1.807) is 13.1 Å². The minimum atomic E-state index is -0.298. The van der Waals surface area contributed by atoms with Gasteiger partial charge in [0.2, 0.25) is 5.28 Å². The van der Waals surface area contributed by atoms with Crippen LogP contribution in [0.2, 0.25) is 5.28 Å². The fraction of sp³-hybridized carbons (Fsp3) is 0.500. The van der Waals surface area contributed by atoms with E-state index in [2.05, 4.69) is 30.9 Å². The maximum absolute atomic E-state index is 12.6. The molecule has 3 heterocycles. The van der Waals surface area contributed by atoms with Gasteiger partial charge in [-0.05, 0) is 24.4 Å². The Balaban J connectivity index is 1.49. The van der Waals surface area contributed by atoms with Crippen molar-refractivity contribution in [3.63, 3.8) is 0 Å². The van der Waals surface area contributed by atoms with E-state index in [4.69, 9.17) is 11.6 Å². The number of anilines is 2. The van der Waals surface area contributed by atoms with Crippen LogP contribution in [0.15, 0.2) is 6.07 Å². The molecule has 0 aromatic carbocycles. The number of hydrogen-bond donors (Lipinski definition) is 3. The van der Waals surface area contributed by atoms with Crippen molar-refractivity contribution in [1.29, 1.82) is 0 Å². The average molecular weight is 436 g/mol. The first-order chi connectivity index (χ1) is 14.0. The molecule has 154 valence electrons. The molecule has 0 atom stereocenters. The maximum atomic E-state index is 12.6. The van der Waals surface area contributed by atoms with Crippen LogP contribution in [0.5, 0.6) is 0 Å². The molecule has 2 aromatic heterocycles. The Morgan fingerprint density at radius 1 is 1.24 bits per heavy atom. The van der Waals surface area contributed by atoms with E-state index in [-0.39, 0.29) is 29.0 Å². The van der Waals surface area contributed by atoms with Crippen molar-refractivity contribution in [3.05, 3.63) is 27.6 Å². The van der Waals surface area contributed by atoms with Crippen LogP contribution in [0.4, 0.5) is 15.7 Å². The van der Waals surface area contributed by atoms with Gasteiger partial charge in [-0.15, -0.1) is 0 Å². The first-order valence-corrected chi connectivity index (χ1v) is 10.8. The minimum absolute atomic E-state index is 0.0520. The topological polar surface area (TPSA) is 112 Å². The summed E-state index contributed by atoms with van der Waals surface area (Å²) in [6.45, 7) is 1.27. The zero-order valence-electron chi connectivity index (χ0n) is 16.0. The Morgan fingerprint density at radius 3 is 2.79 bits per heavy atom. The lowest BCUT2D eigenvalue weighted by Crippen LogP contribution is -2.34. The van der Waals surface area contributed by atoms with Crippen LogP contribution in [0.25, 0.3) is 0 Å². The quantitative estimate of drug-likeness (QED) is 0.636. The second-order valence-corrected chi connectivity index (χ2v) is 8.52. The molecule has 0 spiro atoms. The van der Waals surface area contributed by atoms with Crippen LogP contribution in [0.3, 0.4) is 0 Å². The predicted molar refractivity (Wildman–Crippen MR) is 112 cm³/mol. The SMILES string of the molecule is CNC(=O)Nc1nc2c(s1)CN(c1cc(C(=O)NC3CCCC3)nc(Cl)n1)CC2. The fourth-order valence-electron chi connectivity index (χ4n) is 3.62. The second-order valence-electron chi connectivity index (χ2n) is 7.10. The molecule has 29 heavy (non-hydrogen) atoms. The van der Waals surface area contributed by atoms with Gasteiger partial charge < -0.3 is 15.5 Å². The van der Waals surface area contributed by atoms with Gasteiger partial charge in [-0.1, -0.05) is 24.2 Å². The molecule has 2 aromatic rings. The highest BCUT2D eigenvalue weighted by atomic mass is 35.5. The van der Waals surface area contributed by atoms with E-state index >= 15 is 0 Å². The lowest BCUT2D eigenvalue weighted by Gasteiger charge is -2.27. The zero-order valence-corrected chi connectivity index (χ0v) is 17.6. The van der Waals surface area contributed by atoms with Gasteiger partial charge in [0.15, 0.2) is 5.13 Å². The number of nitrogens with zero attached hydrogens (tertiary/aromatic N) is 4. The van der Waals surface area contributed by atoms with Gasteiger partial charge in [-0.3, -0.25) is 10.1 Å². The summed E-state index contributed by atoms with van der Waals surface area (Å²) in [5.41, 5.74) is 1.25. The van der Waals surface area contributed by atoms with Gasteiger partial charge >= 0.3 is 6.03 Å². The fourth-order valence-corrected chi connectivity index (χ4v) is 4.81. The van der Waals surface area contributed by atoms with Crippen LogP contribution < -0.4 is 20.9 Å². The summed E-state index contributed by atoms with van der Waals surface area (Å²) in [5, 5.41) is 8.87. The first kappa shape index (κ1) is 19.8. The van der Waals surface area contributed by atoms with Crippen molar-refractivity contribution in [2.45, 2.75) is 44.7 Å². The number of rotatable bonds is 4. The third kappa shape index (κ3) is 4.59. The Morgan fingerprint density at radius 2 is 2.03 bits per heavy atom. The molecule has 2 aliphatic rings. The smallest absolute Gasteiger partial charge is 0.320 e. The molecule has 0 saturated heterocycles. The Labute approximate surface area is 177 Å². The van der Waals surface area contributed by atoms with Gasteiger partial charge in [-0.2, -0.15) is 0 Å². The number of carbonyl (C=O) groups is 2. The third-order valence-corrected chi connectivity index (χ3v) is 6.28. The molecular weight excluding hydrogens is 414 g/mol. The van der Waals surface area contributed by atoms with Crippen LogP contribution >= 0.6 is 22.9 Å². The number of urea groups is 1. The van der Waals surface area contributed by atoms with Gasteiger partial charge in [0, 0.05) is 37.0 Å². The highest BCUT2D eigenvalue weighted by Gasteiger charge is 2.25. The van der Waals surface area contributed by atoms with E-state index in [9.17, 15) is 9.59 Å². The third-order valence-electron chi connectivity index (χ3n) is 5.11. The van der Waals surface area contributed by atoms with Gasteiger partial charge in [0.1, 0.15) is 11.5 Å². The summed E-state index contributed by atoms with van der Waals surface area (Å²) in [6.07, 6.45) is 5.01. The molecule has 3 N–H and O–H groups in total. The predicted octanol–water partition coefficient (Wildman–Crippen LogP) is 2.57. The minimum Gasteiger partial charge on any atom is -0.351 e. The second kappa shape index (κ2) is 8.50. The molecule has 1 aliphatic carbocycles. The summed E-state index contributed by atoms with van der Waals surface area (Å²) in [6, 6.07) is 1.60. The molecule has 3 amide bonds. The van der Waals surface area contributed by atoms with Gasteiger partial charge in [0.05, 0.1) is 12.2 Å². The van der Waals surface area contributed by atoms with E-state index in [1.807, 2.05) is 4.90 Å². The highest BCUT2D eigenvalue weighted by molar-refractivity contribution is 7.15. The largest absolute Gasteiger partial charge is 0.351 e. The van der Waals surface area contributed by atoms with E-state index < -0.39 is 0 Å². The van der Waals surface area contributed by atoms with E-state index in [0.717, 1.165) is 36.3 Å². The van der Waals surface area contributed by atoms with Crippen LogP contribution in [-0.2, 0) is 13.0 Å². The Hall–Kier alpha value is -2.46. The molecule has 1 saturated carbocycles. The molecule has 0 radical (unpaired) electrons. The standard InChI is InChI=1S/C18H22ClN7O2S/c1-20-17(28)25-18-23-11-6-7-26(9-13(11)29-18)14-8-12(22-16(19)24-14)15(27)21-10-4-2-3-5-10/h8,10H,2-7,9H2,1H3,(H,21,27)(H2,20,23,25,28). The number of amides is 3. The summed E-state index contributed by atoms with van der Waals surface area (Å²) in [5.74, 6) is 0.399. The van der Waals surface area contributed by atoms with Crippen LogP contribution in [0, 0.1) is 0 Å².